The van der Waals surface area contributed by atoms with Crippen LogP contribution in [0.3, 0.4) is 0 Å². The number of likely N-dealkylation sites (tertiary alicyclic amines) is 1. The molecule has 3 heterocycles. The van der Waals surface area contributed by atoms with Crippen LogP contribution in [0.15, 0.2) is 42.9 Å². The van der Waals surface area contributed by atoms with Gasteiger partial charge in [-0.2, -0.15) is 0 Å². The molecule has 3 aromatic rings. The van der Waals surface area contributed by atoms with E-state index in [1.165, 1.54) is 0 Å². The number of anilines is 1. The van der Waals surface area contributed by atoms with Crippen molar-refractivity contribution in [3.05, 3.63) is 54.4 Å². The number of benzene rings is 1. The molecule has 1 fully saturated rings. The summed E-state index contributed by atoms with van der Waals surface area (Å²) in [6.45, 7) is 3.46. The van der Waals surface area contributed by atoms with Gasteiger partial charge in [-0.1, -0.05) is 19.1 Å². The van der Waals surface area contributed by atoms with Crippen molar-refractivity contribution in [3.8, 4) is 16.9 Å². The van der Waals surface area contributed by atoms with Crippen molar-refractivity contribution in [1.29, 1.82) is 0 Å². The van der Waals surface area contributed by atoms with Gasteiger partial charge in [-0.15, -0.1) is 0 Å². The zero-order chi connectivity index (χ0) is 23.4. The van der Waals surface area contributed by atoms with Gasteiger partial charge in [0.25, 0.3) is 0 Å². The molecule has 1 aliphatic heterocycles. The minimum Gasteiger partial charge on any atom is -0.497 e. The van der Waals surface area contributed by atoms with Crippen LogP contribution in [0, 0.1) is 0 Å². The van der Waals surface area contributed by atoms with Crippen molar-refractivity contribution in [2.45, 2.75) is 45.2 Å². The summed E-state index contributed by atoms with van der Waals surface area (Å²) in [6, 6.07) is 7.83. The molecule has 2 aromatic heterocycles. The smallest absolute Gasteiger partial charge is 0.225 e. The average Bonchev–Trinajstić information content (AvgIpc) is 3.51. The molecule has 0 saturated carbocycles. The number of aryl methyl sites for hydroxylation is 2. The molecule has 1 unspecified atom stereocenters. The molecule has 4 rings (SSSR count). The summed E-state index contributed by atoms with van der Waals surface area (Å²) in [6.07, 6.45) is 8.75. The number of ether oxygens (including phenoxy) is 1. The van der Waals surface area contributed by atoms with Crippen molar-refractivity contribution in [3.63, 3.8) is 0 Å². The number of carbonyl (C=O) groups excluding carboxylic acids is 1. The molecule has 1 atom stereocenters. The van der Waals surface area contributed by atoms with Crippen LogP contribution < -0.4 is 9.64 Å². The summed E-state index contributed by atoms with van der Waals surface area (Å²) in [5.74, 6) is 2.57. The Morgan fingerprint density at radius 1 is 1.27 bits per heavy atom. The van der Waals surface area contributed by atoms with Gasteiger partial charge in [0.2, 0.25) is 11.9 Å². The quantitative estimate of drug-likeness (QED) is 0.523. The van der Waals surface area contributed by atoms with Crippen molar-refractivity contribution in [2.24, 2.45) is 0 Å². The Kier molecular flexibility index (Phi) is 6.91. The van der Waals surface area contributed by atoms with Crippen LogP contribution in [-0.2, 0) is 17.8 Å². The molecule has 0 bridgehead atoms. The second kappa shape index (κ2) is 10.0. The molecule has 1 aromatic carbocycles. The van der Waals surface area contributed by atoms with E-state index in [4.69, 9.17) is 9.72 Å². The number of imidazole rings is 1. The second-order valence-electron chi connectivity index (χ2n) is 8.48. The molecular formula is C25H32N6O2. The number of rotatable bonds is 8. The lowest BCUT2D eigenvalue weighted by Gasteiger charge is -2.27. The zero-order valence-electron chi connectivity index (χ0n) is 19.9. The molecule has 8 heteroatoms. The van der Waals surface area contributed by atoms with Crippen LogP contribution >= 0.6 is 0 Å². The van der Waals surface area contributed by atoms with E-state index in [0.717, 1.165) is 54.2 Å². The van der Waals surface area contributed by atoms with Gasteiger partial charge in [-0.25, -0.2) is 15.0 Å². The maximum atomic E-state index is 13.3. The number of amides is 1. The van der Waals surface area contributed by atoms with Gasteiger partial charge >= 0.3 is 0 Å². The van der Waals surface area contributed by atoms with Gasteiger partial charge in [-0.05, 0) is 30.5 Å². The number of nitrogens with zero attached hydrogens (tertiary/aromatic N) is 6. The molecule has 0 radical (unpaired) electrons. The monoisotopic (exact) mass is 448 g/mol. The summed E-state index contributed by atoms with van der Waals surface area (Å²) in [5, 5.41) is 0. The molecule has 1 amide bonds. The minimum atomic E-state index is -0.0752. The van der Waals surface area contributed by atoms with Crippen molar-refractivity contribution in [2.75, 3.05) is 32.6 Å². The third kappa shape index (κ3) is 4.84. The molecular weight excluding hydrogens is 416 g/mol. The van der Waals surface area contributed by atoms with Gasteiger partial charge < -0.3 is 19.1 Å². The normalized spacial score (nSPS) is 15.6. The van der Waals surface area contributed by atoms with Gasteiger partial charge in [0, 0.05) is 64.2 Å². The number of carbonyl (C=O) groups is 1. The molecule has 174 valence electrons. The third-order valence-corrected chi connectivity index (χ3v) is 6.16. The number of hydrogen-bond acceptors (Lipinski definition) is 6. The molecule has 0 spiro atoms. The number of aromatic nitrogens is 4. The Morgan fingerprint density at radius 3 is 2.88 bits per heavy atom. The first-order valence-electron chi connectivity index (χ1n) is 11.5. The predicted octanol–water partition coefficient (Wildman–Crippen LogP) is 3.73. The van der Waals surface area contributed by atoms with E-state index in [0.29, 0.717) is 18.9 Å². The largest absolute Gasteiger partial charge is 0.497 e. The van der Waals surface area contributed by atoms with Crippen LogP contribution in [0.5, 0.6) is 5.75 Å². The van der Waals surface area contributed by atoms with E-state index in [1.54, 1.807) is 13.3 Å². The number of methoxy groups -OCH3 is 1. The highest BCUT2D eigenvalue weighted by molar-refractivity contribution is 5.78. The first-order valence-corrected chi connectivity index (χ1v) is 11.5. The van der Waals surface area contributed by atoms with Gasteiger partial charge in [0.05, 0.1) is 18.8 Å². The molecule has 8 nitrogen and oxygen atoms in total. The molecule has 0 aliphatic carbocycles. The summed E-state index contributed by atoms with van der Waals surface area (Å²) in [5.41, 5.74) is 2.82. The van der Waals surface area contributed by atoms with E-state index < -0.39 is 0 Å². The Balaban J connectivity index is 1.64. The number of hydrogen-bond donors (Lipinski definition) is 0. The Bertz CT molecular complexity index is 1110. The highest BCUT2D eigenvalue weighted by atomic mass is 16.5. The lowest BCUT2D eigenvalue weighted by molar-refractivity contribution is -0.132. The molecule has 0 N–H and O–H groups in total. The Morgan fingerprint density at radius 2 is 2.12 bits per heavy atom. The fourth-order valence-electron chi connectivity index (χ4n) is 4.43. The maximum Gasteiger partial charge on any atom is 0.225 e. The van der Waals surface area contributed by atoms with Crippen LogP contribution in [0.2, 0.25) is 0 Å². The van der Waals surface area contributed by atoms with E-state index >= 15 is 0 Å². The summed E-state index contributed by atoms with van der Waals surface area (Å²) < 4.78 is 7.50. The fourth-order valence-corrected chi connectivity index (χ4v) is 4.43. The summed E-state index contributed by atoms with van der Waals surface area (Å²) in [4.78, 5) is 31.0. The SMILES string of the molecule is CCc1nccn1CCC(=O)N1CCCC1c1nc(N(C)C)ncc1-c1cccc(OC)c1. The van der Waals surface area contributed by atoms with Crippen LogP contribution in [0.25, 0.3) is 11.1 Å². The lowest BCUT2D eigenvalue weighted by Crippen LogP contribution is -2.32. The predicted molar refractivity (Wildman–Crippen MR) is 128 cm³/mol. The van der Waals surface area contributed by atoms with E-state index in [2.05, 4.69) is 21.5 Å². The molecule has 33 heavy (non-hydrogen) atoms. The van der Waals surface area contributed by atoms with Crippen molar-refractivity contribution >= 4 is 11.9 Å². The highest BCUT2D eigenvalue weighted by Crippen LogP contribution is 2.38. The third-order valence-electron chi connectivity index (χ3n) is 6.16. The average molecular weight is 449 g/mol. The van der Waals surface area contributed by atoms with Gasteiger partial charge in [0.1, 0.15) is 11.6 Å². The van der Waals surface area contributed by atoms with Crippen molar-refractivity contribution < 1.29 is 9.53 Å². The molecule has 1 saturated heterocycles. The Hall–Kier alpha value is -3.42. The second-order valence-corrected chi connectivity index (χ2v) is 8.48. The lowest BCUT2D eigenvalue weighted by atomic mass is 9.99. The highest BCUT2D eigenvalue weighted by Gasteiger charge is 2.33. The first-order chi connectivity index (χ1) is 16.0. The molecule has 1 aliphatic rings. The topological polar surface area (TPSA) is 76.4 Å². The van der Waals surface area contributed by atoms with Gasteiger partial charge in [0.15, 0.2) is 0 Å². The Labute approximate surface area is 195 Å². The maximum absolute atomic E-state index is 13.3. The summed E-state index contributed by atoms with van der Waals surface area (Å²) in [7, 11) is 5.52. The van der Waals surface area contributed by atoms with Gasteiger partial charge in [-0.3, -0.25) is 4.79 Å². The van der Waals surface area contributed by atoms with Crippen LogP contribution in [0.1, 0.15) is 43.7 Å². The standard InChI is InChI=1S/C25H32N6O2/c1-5-22-26-12-15-30(22)14-11-23(32)31-13-7-10-21(31)24-20(17-27-25(28-24)29(2)3)18-8-6-9-19(16-18)33-4/h6,8-9,12,15-17,21H,5,7,10-11,13-14H2,1-4H3. The van der Waals surface area contributed by atoms with Crippen LogP contribution in [-0.4, -0.2) is 58.1 Å². The minimum absolute atomic E-state index is 0.0752. The zero-order valence-corrected chi connectivity index (χ0v) is 19.9. The van der Waals surface area contributed by atoms with Crippen molar-refractivity contribution in [1.82, 2.24) is 24.4 Å². The first kappa shape index (κ1) is 22.8. The van der Waals surface area contributed by atoms with E-state index in [1.807, 2.05) is 60.6 Å². The van der Waals surface area contributed by atoms with Crippen LogP contribution in [0.4, 0.5) is 5.95 Å². The fraction of sp³-hybridized carbons (Fsp3) is 0.440. The van der Waals surface area contributed by atoms with E-state index in [-0.39, 0.29) is 11.9 Å². The summed E-state index contributed by atoms with van der Waals surface area (Å²) >= 11 is 0. The van der Waals surface area contributed by atoms with E-state index in [9.17, 15) is 4.79 Å².